The highest BCUT2D eigenvalue weighted by Gasteiger charge is 2.48. The van der Waals surface area contributed by atoms with E-state index in [-0.39, 0.29) is 0 Å². The maximum Gasteiger partial charge on any atom is 0.185 e. The minimum Gasteiger partial charge on any atom is -0.374 e. The van der Waals surface area contributed by atoms with Gasteiger partial charge in [0.25, 0.3) is 0 Å². The number of fused-ring (bicyclic) bond motifs is 1. The summed E-state index contributed by atoms with van der Waals surface area (Å²) in [5.41, 5.74) is 2.91. The maximum atomic E-state index is 6.32. The number of ether oxygens (including phenoxy) is 1. The van der Waals surface area contributed by atoms with Crippen molar-refractivity contribution in [2.45, 2.75) is 62.5 Å². The van der Waals surface area contributed by atoms with Gasteiger partial charge >= 0.3 is 0 Å². The molecular weight excluding hydrogens is 280 g/mol. The van der Waals surface area contributed by atoms with E-state index in [0.717, 1.165) is 18.4 Å². The van der Waals surface area contributed by atoms with E-state index in [1.165, 1.54) is 57.2 Å². The Kier molecular flexibility index (Phi) is 4.32. The minimum atomic E-state index is 0.467. The van der Waals surface area contributed by atoms with E-state index >= 15 is 0 Å². The predicted octanol–water partition coefficient (Wildman–Crippen LogP) is 2.29. The van der Waals surface area contributed by atoms with Crippen molar-refractivity contribution in [2.75, 3.05) is 13.1 Å². The van der Waals surface area contributed by atoms with Crippen molar-refractivity contribution in [3.05, 3.63) is 35.4 Å². The van der Waals surface area contributed by atoms with Crippen molar-refractivity contribution in [1.29, 1.82) is 0 Å². The van der Waals surface area contributed by atoms with E-state index in [0.29, 0.717) is 11.4 Å². The van der Waals surface area contributed by atoms with E-state index in [9.17, 15) is 0 Å². The van der Waals surface area contributed by atoms with E-state index in [1.807, 2.05) is 0 Å². The Morgan fingerprint density at radius 3 is 2.87 bits per heavy atom. The van der Waals surface area contributed by atoms with Gasteiger partial charge in [0.1, 0.15) is 7.85 Å². The zero-order valence-electron chi connectivity index (χ0n) is 14.8. The highest BCUT2D eigenvalue weighted by molar-refractivity contribution is 6.17. The summed E-state index contributed by atoms with van der Waals surface area (Å²) in [6.07, 6.45) is 8.52. The largest absolute Gasteiger partial charge is 0.374 e. The van der Waals surface area contributed by atoms with Gasteiger partial charge in [0.05, 0.1) is 12.7 Å². The molecule has 3 unspecified atom stereocenters. The first-order chi connectivity index (χ1) is 11.1. The second kappa shape index (κ2) is 6.29. The first-order valence-corrected chi connectivity index (χ1v) is 9.51. The lowest BCUT2D eigenvalue weighted by atomic mass is 9.64. The summed E-state index contributed by atoms with van der Waals surface area (Å²) < 4.78 is 6.32. The van der Waals surface area contributed by atoms with Crippen molar-refractivity contribution in [2.24, 2.45) is 5.92 Å². The molecule has 0 spiro atoms. The number of nitrogens with zero attached hydrogens (tertiary/aromatic N) is 1. The molecule has 1 aromatic rings. The van der Waals surface area contributed by atoms with Crippen molar-refractivity contribution in [1.82, 2.24) is 4.81 Å². The standard InChI is InChI=1S/C19H29B2NO/c20-19-10-18(9-17(19)11-22(21)13-19)23-12-14-4-3-7-16(8-14)15-5-1-2-6-15/h3-4,7-8,15,17-18H,1-2,5-6,9-13,20-21H2. The summed E-state index contributed by atoms with van der Waals surface area (Å²) in [4.78, 5) is 2.49. The Bertz CT molecular complexity index is 560. The van der Waals surface area contributed by atoms with Crippen LogP contribution in [0.3, 0.4) is 0 Å². The van der Waals surface area contributed by atoms with Crippen LogP contribution in [0.5, 0.6) is 0 Å². The van der Waals surface area contributed by atoms with Crippen LogP contribution in [0.2, 0.25) is 5.31 Å². The summed E-state index contributed by atoms with van der Waals surface area (Å²) in [5, 5.41) is 0.491. The number of benzene rings is 1. The second-order valence-electron chi connectivity index (χ2n) is 8.65. The molecule has 2 saturated carbocycles. The Morgan fingerprint density at radius 1 is 1.26 bits per heavy atom. The molecule has 122 valence electrons. The summed E-state index contributed by atoms with van der Waals surface area (Å²) in [6.45, 7) is 3.30. The lowest BCUT2D eigenvalue weighted by Gasteiger charge is -2.23. The van der Waals surface area contributed by atoms with Crippen LogP contribution in [0.1, 0.15) is 55.6 Å². The fourth-order valence-electron chi connectivity index (χ4n) is 5.45. The molecule has 1 saturated heterocycles. The summed E-state index contributed by atoms with van der Waals surface area (Å²) >= 11 is 0. The van der Waals surface area contributed by atoms with Crippen LogP contribution in [0.25, 0.3) is 0 Å². The van der Waals surface area contributed by atoms with Gasteiger partial charge in [-0.3, -0.25) is 0 Å². The summed E-state index contributed by atoms with van der Waals surface area (Å²) in [5.74, 6) is 1.64. The smallest absolute Gasteiger partial charge is 0.185 e. The van der Waals surface area contributed by atoms with Gasteiger partial charge in [0, 0.05) is 0 Å². The Morgan fingerprint density at radius 2 is 2.09 bits per heavy atom. The molecule has 0 radical (unpaired) electrons. The Balaban J connectivity index is 1.34. The fraction of sp³-hybridized carbons (Fsp3) is 0.684. The van der Waals surface area contributed by atoms with Crippen molar-refractivity contribution >= 4 is 15.8 Å². The van der Waals surface area contributed by atoms with Crippen molar-refractivity contribution < 1.29 is 4.74 Å². The quantitative estimate of drug-likeness (QED) is 0.791. The van der Waals surface area contributed by atoms with Gasteiger partial charge in [-0.1, -0.05) is 37.1 Å². The third-order valence-electron chi connectivity index (χ3n) is 6.65. The van der Waals surface area contributed by atoms with Gasteiger partial charge in [-0.25, -0.2) is 0 Å². The van der Waals surface area contributed by atoms with Crippen LogP contribution in [-0.2, 0) is 11.3 Å². The van der Waals surface area contributed by atoms with Crippen molar-refractivity contribution in [3.63, 3.8) is 0 Å². The molecule has 0 N–H and O–H groups in total. The monoisotopic (exact) mass is 309 g/mol. The molecule has 23 heavy (non-hydrogen) atoms. The summed E-state index contributed by atoms with van der Waals surface area (Å²) in [6, 6.07) is 9.19. The van der Waals surface area contributed by atoms with Crippen LogP contribution in [-0.4, -0.2) is 39.8 Å². The van der Waals surface area contributed by atoms with Crippen LogP contribution in [0.15, 0.2) is 24.3 Å². The lowest BCUT2D eigenvalue weighted by molar-refractivity contribution is 0.0396. The normalized spacial score (nSPS) is 35.0. The first kappa shape index (κ1) is 15.8. The minimum absolute atomic E-state index is 0.467. The molecule has 0 aromatic heterocycles. The van der Waals surface area contributed by atoms with E-state index < -0.39 is 0 Å². The molecule has 3 atom stereocenters. The van der Waals surface area contributed by atoms with Crippen LogP contribution in [0.4, 0.5) is 0 Å². The van der Waals surface area contributed by atoms with Gasteiger partial charge in [0.15, 0.2) is 7.98 Å². The number of hydrogen-bond acceptors (Lipinski definition) is 2. The molecule has 1 aliphatic heterocycles. The third-order valence-corrected chi connectivity index (χ3v) is 6.65. The van der Waals surface area contributed by atoms with Gasteiger partial charge in [-0.2, -0.15) is 0 Å². The molecule has 1 aromatic carbocycles. The van der Waals surface area contributed by atoms with Crippen molar-refractivity contribution in [3.8, 4) is 0 Å². The summed E-state index contributed by atoms with van der Waals surface area (Å²) in [7, 11) is 4.72. The number of hydrogen-bond donors (Lipinski definition) is 0. The Hall–Kier alpha value is -0.730. The van der Waals surface area contributed by atoms with E-state index in [1.54, 1.807) is 5.56 Å². The van der Waals surface area contributed by atoms with Gasteiger partial charge < -0.3 is 9.55 Å². The predicted molar refractivity (Wildman–Crippen MR) is 100 cm³/mol. The highest BCUT2D eigenvalue weighted by atomic mass is 16.5. The molecule has 2 aliphatic carbocycles. The van der Waals surface area contributed by atoms with E-state index in [2.05, 4.69) is 44.9 Å². The molecule has 2 nitrogen and oxygen atoms in total. The molecule has 4 heteroatoms. The zero-order valence-corrected chi connectivity index (χ0v) is 14.8. The first-order valence-electron chi connectivity index (χ1n) is 9.51. The molecule has 0 amide bonds. The Labute approximate surface area is 142 Å². The average molecular weight is 309 g/mol. The van der Waals surface area contributed by atoms with Crippen LogP contribution >= 0.6 is 0 Å². The molecule has 3 aliphatic rings. The average Bonchev–Trinajstić information content (AvgIpc) is 3.19. The molecule has 1 heterocycles. The third kappa shape index (κ3) is 3.25. The second-order valence-corrected chi connectivity index (χ2v) is 8.65. The van der Waals surface area contributed by atoms with E-state index in [4.69, 9.17) is 4.74 Å². The number of rotatable bonds is 4. The van der Waals surface area contributed by atoms with Gasteiger partial charge in [-0.15, -0.1) is 0 Å². The highest BCUT2D eigenvalue weighted by Crippen LogP contribution is 2.52. The molecule has 0 bridgehead atoms. The molecule has 3 fully saturated rings. The SMILES string of the molecule is BN1CC2CC(OCc3cccc(C4CCCC4)c3)CC2(B)C1. The topological polar surface area (TPSA) is 12.5 Å². The van der Waals surface area contributed by atoms with Crippen LogP contribution < -0.4 is 0 Å². The lowest BCUT2D eigenvalue weighted by Crippen LogP contribution is -2.23. The van der Waals surface area contributed by atoms with Crippen LogP contribution in [0, 0.1) is 5.92 Å². The molecule has 4 rings (SSSR count). The van der Waals surface area contributed by atoms with Gasteiger partial charge in [0.2, 0.25) is 0 Å². The zero-order chi connectivity index (χ0) is 15.9. The maximum absolute atomic E-state index is 6.32. The molecular formula is C19H29B2NO. The fourth-order valence-corrected chi connectivity index (χ4v) is 5.45. The van der Waals surface area contributed by atoms with Gasteiger partial charge in [-0.05, 0) is 67.0 Å².